The zero-order chi connectivity index (χ0) is 14.5. The lowest BCUT2D eigenvalue weighted by Crippen LogP contribution is -2.24. The van der Waals surface area contributed by atoms with E-state index in [1.54, 1.807) is 18.3 Å². The van der Waals surface area contributed by atoms with Gasteiger partial charge in [0.1, 0.15) is 5.75 Å². The summed E-state index contributed by atoms with van der Waals surface area (Å²) in [6.07, 6.45) is 1.74. The number of aryl methyl sites for hydroxylation is 1. The molecule has 0 saturated heterocycles. The number of benzene rings is 1. The molecule has 0 aliphatic carbocycles. The molecule has 2 aromatic rings. The molecule has 5 nitrogen and oxygen atoms in total. The van der Waals surface area contributed by atoms with Crippen LogP contribution in [0.2, 0.25) is 0 Å². The fourth-order valence-electron chi connectivity index (χ4n) is 1.84. The molecule has 2 N–H and O–H groups in total. The van der Waals surface area contributed by atoms with E-state index in [0.29, 0.717) is 17.9 Å². The quantitative estimate of drug-likeness (QED) is 0.879. The summed E-state index contributed by atoms with van der Waals surface area (Å²) in [5, 5.41) is 9.65. The zero-order valence-corrected chi connectivity index (χ0v) is 11.9. The Kier molecular flexibility index (Phi) is 4.40. The van der Waals surface area contributed by atoms with E-state index in [9.17, 15) is 4.79 Å². The summed E-state index contributed by atoms with van der Waals surface area (Å²) in [5.74, 6) is 0.450. The van der Waals surface area contributed by atoms with Gasteiger partial charge in [-0.25, -0.2) is 0 Å². The average molecular weight is 273 g/mol. The minimum Gasteiger partial charge on any atom is -0.490 e. The van der Waals surface area contributed by atoms with Crippen molar-refractivity contribution in [3.63, 3.8) is 0 Å². The molecular formula is C15H19N3O2. The minimum atomic E-state index is -0.151. The van der Waals surface area contributed by atoms with Crippen molar-refractivity contribution in [1.29, 1.82) is 0 Å². The third-order valence-corrected chi connectivity index (χ3v) is 2.87. The van der Waals surface area contributed by atoms with Crippen molar-refractivity contribution in [1.82, 2.24) is 15.5 Å². The molecule has 1 aromatic heterocycles. The first-order valence-corrected chi connectivity index (χ1v) is 6.60. The van der Waals surface area contributed by atoms with Crippen LogP contribution in [0.1, 0.15) is 35.5 Å². The van der Waals surface area contributed by atoms with E-state index in [1.165, 1.54) is 0 Å². The molecule has 106 valence electrons. The maximum atomic E-state index is 12.2. The van der Waals surface area contributed by atoms with E-state index < -0.39 is 0 Å². The Hall–Kier alpha value is -2.30. The summed E-state index contributed by atoms with van der Waals surface area (Å²) < 4.78 is 5.65. The van der Waals surface area contributed by atoms with Crippen LogP contribution in [0.15, 0.2) is 30.5 Å². The number of rotatable bonds is 5. The van der Waals surface area contributed by atoms with Gasteiger partial charge in [-0.1, -0.05) is 12.1 Å². The summed E-state index contributed by atoms with van der Waals surface area (Å²) in [7, 11) is 0. The first kappa shape index (κ1) is 14.1. The van der Waals surface area contributed by atoms with Crippen molar-refractivity contribution < 1.29 is 9.53 Å². The SMILES string of the molecule is Cc1[nH]ncc1CNC(=O)c1ccccc1OC(C)C. The number of H-pyrrole nitrogens is 1. The molecule has 1 amide bonds. The minimum absolute atomic E-state index is 0.0278. The molecule has 0 unspecified atom stereocenters. The van der Waals surface area contributed by atoms with Crippen LogP contribution >= 0.6 is 0 Å². The van der Waals surface area contributed by atoms with Crippen molar-refractivity contribution in [3.05, 3.63) is 47.3 Å². The molecule has 20 heavy (non-hydrogen) atoms. The van der Waals surface area contributed by atoms with Gasteiger partial charge >= 0.3 is 0 Å². The molecular weight excluding hydrogens is 254 g/mol. The first-order valence-electron chi connectivity index (χ1n) is 6.60. The van der Waals surface area contributed by atoms with Gasteiger partial charge < -0.3 is 10.1 Å². The lowest BCUT2D eigenvalue weighted by Gasteiger charge is -2.13. The molecule has 0 radical (unpaired) electrons. The number of hydrogen-bond acceptors (Lipinski definition) is 3. The number of carbonyl (C=O) groups is 1. The topological polar surface area (TPSA) is 67.0 Å². The van der Waals surface area contributed by atoms with Gasteiger partial charge in [0.2, 0.25) is 0 Å². The highest BCUT2D eigenvalue weighted by molar-refractivity contribution is 5.96. The Bertz CT molecular complexity index is 590. The molecule has 2 rings (SSSR count). The van der Waals surface area contributed by atoms with Crippen LogP contribution in [0.25, 0.3) is 0 Å². The highest BCUT2D eigenvalue weighted by Gasteiger charge is 2.13. The van der Waals surface area contributed by atoms with Crippen LogP contribution in [-0.4, -0.2) is 22.2 Å². The molecule has 0 aliphatic heterocycles. The van der Waals surface area contributed by atoms with Crippen molar-refractivity contribution >= 4 is 5.91 Å². The van der Waals surface area contributed by atoms with Crippen molar-refractivity contribution in [2.75, 3.05) is 0 Å². The molecule has 1 aromatic carbocycles. The Morgan fingerprint density at radius 2 is 2.15 bits per heavy atom. The second-order valence-electron chi connectivity index (χ2n) is 4.87. The number of amides is 1. The Morgan fingerprint density at radius 1 is 1.40 bits per heavy atom. The molecule has 1 heterocycles. The summed E-state index contributed by atoms with van der Waals surface area (Å²) in [6, 6.07) is 7.24. The number of nitrogens with one attached hydrogen (secondary N) is 2. The molecule has 0 fully saturated rings. The third kappa shape index (κ3) is 3.38. The molecule has 0 atom stereocenters. The second-order valence-corrected chi connectivity index (χ2v) is 4.87. The van der Waals surface area contributed by atoms with Crippen LogP contribution in [-0.2, 0) is 6.54 Å². The highest BCUT2D eigenvalue weighted by Crippen LogP contribution is 2.19. The summed E-state index contributed by atoms with van der Waals surface area (Å²) in [6.45, 7) is 6.23. The number of nitrogens with zero attached hydrogens (tertiary/aromatic N) is 1. The summed E-state index contributed by atoms with van der Waals surface area (Å²) in [4.78, 5) is 12.2. The predicted octanol–water partition coefficient (Wildman–Crippen LogP) is 2.44. The van der Waals surface area contributed by atoms with E-state index in [-0.39, 0.29) is 12.0 Å². The normalized spacial score (nSPS) is 10.6. The Labute approximate surface area is 118 Å². The first-order chi connectivity index (χ1) is 9.58. The largest absolute Gasteiger partial charge is 0.490 e. The van der Waals surface area contributed by atoms with Crippen molar-refractivity contribution in [3.8, 4) is 5.75 Å². The Balaban J connectivity index is 2.07. The van der Waals surface area contributed by atoms with Crippen LogP contribution < -0.4 is 10.1 Å². The van der Waals surface area contributed by atoms with Crippen LogP contribution in [0.5, 0.6) is 5.75 Å². The van der Waals surface area contributed by atoms with Crippen LogP contribution in [0.3, 0.4) is 0 Å². The van der Waals surface area contributed by atoms with Gasteiger partial charge in [0.05, 0.1) is 17.9 Å². The molecule has 0 saturated carbocycles. The van der Waals surface area contributed by atoms with E-state index in [1.807, 2.05) is 32.9 Å². The fourth-order valence-corrected chi connectivity index (χ4v) is 1.84. The second kappa shape index (κ2) is 6.23. The molecule has 0 spiro atoms. The number of hydrogen-bond donors (Lipinski definition) is 2. The van der Waals surface area contributed by atoms with Crippen LogP contribution in [0.4, 0.5) is 0 Å². The fraction of sp³-hybridized carbons (Fsp3) is 0.333. The van der Waals surface area contributed by atoms with Crippen LogP contribution in [0, 0.1) is 6.92 Å². The summed E-state index contributed by atoms with van der Waals surface area (Å²) >= 11 is 0. The molecule has 0 aliphatic rings. The van der Waals surface area contributed by atoms with Crippen molar-refractivity contribution in [2.45, 2.75) is 33.4 Å². The molecule has 5 heteroatoms. The van der Waals surface area contributed by atoms with Gasteiger partial charge in [0.25, 0.3) is 5.91 Å². The number of carbonyl (C=O) groups excluding carboxylic acids is 1. The van der Waals surface area contributed by atoms with Gasteiger partial charge in [-0.05, 0) is 32.9 Å². The highest BCUT2D eigenvalue weighted by atomic mass is 16.5. The summed E-state index contributed by atoms with van der Waals surface area (Å²) in [5.41, 5.74) is 2.47. The van der Waals surface area contributed by atoms with E-state index >= 15 is 0 Å². The van der Waals surface area contributed by atoms with Gasteiger partial charge in [-0.3, -0.25) is 9.89 Å². The average Bonchev–Trinajstić information content (AvgIpc) is 2.81. The lowest BCUT2D eigenvalue weighted by atomic mass is 10.1. The van der Waals surface area contributed by atoms with Gasteiger partial charge in [-0.2, -0.15) is 5.10 Å². The number of ether oxygens (including phenoxy) is 1. The number of aromatic nitrogens is 2. The molecule has 0 bridgehead atoms. The van der Waals surface area contributed by atoms with Crippen molar-refractivity contribution in [2.24, 2.45) is 0 Å². The third-order valence-electron chi connectivity index (χ3n) is 2.87. The predicted molar refractivity (Wildman–Crippen MR) is 76.7 cm³/mol. The maximum Gasteiger partial charge on any atom is 0.255 e. The van der Waals surface area contributed by atoms with Gasteiger partial charge in [0.15, 0.2) is 0 Å². The van der Waals surface area contributed by atoms with E-state index in [0.717, 1.165) is 11.3 Å². The lowest BCUT2D eigenvalue weighted by molar-refractivity contribution is 0.0945. The van der Waals surface area contributed by atoms with E-state index in [2.05, 4.69) is 15.5 Å². The monoisotopic (exact) mass is 273 g/mol. The Morgan fingerprint density at radius 3 is 2.80 bits per heavy atom. The zero-order valence-electron chi connectivity index (χ0n) is 11.9. The van der Waals surface area contributed by atoms with Gasteiger partial charge in [0, 0.05) is 17.8 Å². The maximum absolute atomic E-state index is 12.2. The van der Waals surface area contributed by atoms with E-state index in [4.69, 9.17) is 4.74 Å². The number of para-hydroxylation sites is 1. The number of aromatic amines is 1. The standard InChI is InChI=1S/C15H19N3O2/c1-10(2)20-14-7-5-4-6-13(14)15(19)16-8-12-9-17-18-11(12)3/h4-7,9-10H,8H2,1-3H3,(H,16,19)(H,17,18). The van der Waals surface area contributed by atoms with Gasteiger partial charge in [-0.15, -0.1) is 0 Å². The smallest absolute Gasteiger partial charge is 0.255 e.